The highest BCUT2D eigenvalue weighted by Gasteiger charge is 2.21. The highest BCUT2D eigenvalue weighted by molar-refractivity contribution is 5.77. The van der Waals surface area contributed by atoms with Crippen molar-refractivity contribution in [3.63, 3.8) is 0 Å². The van der Waals surface area contributed by atoms with E-state index in [1.165, 1.54) is 4.68 Å². The van der Waals surface area contributed by atoms with Crippen LogP contribution in [0.5, 0.6) is 0 Å². The number of anilines is 1. The van der Waals surface area contributed by atoms with E-state index in [-0.39, 0.29) is 12.3 Å². The van der Waals surface area contributed by atoms with E-state index in [1.807, 2.05) is 41.8 Å². The number of imidazole rings is 1. The molecule has 0 unspecified atom stereocenters. The van der Waals surface area contributed by atoms with Crippen LogP contribution in [0, 0.1) is 0 Å². The Morgan fingerprint density at radius 2 is 1.96 bits per heavy atom. The van der Waals surface area contributed by atoms with Gasteiger partial charge in [0.05, 0.1) is 12.8 Å². The van der Waals surface area contributed by atoms with Gasteiger partial charge in [0.1, 0.15) is 17.8 Å². The van der Waals surface area contributed by atoms with Gasteiger partial charge in [-0.05, 0) is 12.5 Å². The molecule has 0 spiro atoms. The normalized spacial score (nSPS) is 14.8. The molecule has 1 N–H and O–H groups in total. The summed E-state index contributed by atoms with van der Waals surface area (Å²) in [4.78, 5) is 19.9. The zero-order valence-electron chi connectivity index (χ0n) is 15.5. The lowest BCUT2D eigenvalue weighted by Gasteiger charge is -2.28. The number of hydrogen-bond acceptors (Lipinski definition) is 6. The van der Waals surface area contributed by atoms with Gasteiger partial charge in [0.15, 0.2) is 0 Å². The number of nitrogens with zero attached hydrogens (tertiary/aromatic N) is 5. The quantitative estimate of drug-likeness (QED) is 0.704. The van der Waals surface area contributed by atoms with E-state index in [1.54, 1.807) is 6.20 Å². The second-order valence-corrected chi connectivity index (χ2v) is 6.54. The van der Waals surface area contributed by atoms with Crippen molar-refractivity contribution < 1.29 is 4.74 Å². The maximum atomic E-state index is 13.0. The molecule has 0 amide bonds. The van der Waals surface area contributed by atoms with Gasteiger partial charge in [0.2, 0.25) is 5.95 Å². The molecule has 27 heavy (non-hydrogen) atoms. The fourth-order valence-electron chi connectivity index (χ4n) is 3.40. The summed E-state index contributed by atoms with van der Waals surface area (Å²) in [6.07, 6.45) is 1.65. The van der Waals surface area contributed by atoms with Gasteiger partial charge < -0.3 is 19.5 Å². The average Bonchev–Trinajstić information content (AvgIpc) is 3.11. The lowest BCUT2D eigenvalue weighted by molar-refractivity contribution is 0.0532. The second kappa shape index (κ2) is 7.89. The molecule has 0 bridgehead atoms. The number of benzene rings is 1. The molecule has 1 aromatic carbocycles. The third-order valence-electron chi connectivity index (χ3n) is 4.77. The van der Waals surface area contributed by atoms with Gasteiger partial charge in [-0.25, -0.2) is 9.67 Å². The average molecular weight is 368 g/mol. The molecule has 0 aliphatic carbocycles. The minimum atomic E-state index is -0.170. The Morgan fingerprint density at radius 3 is 2.70 bits per heavy atom. The first-order chi connectivity index (χ1) is 13.3. The number of aryl methyl sites for hydroxylation is 1. The van der Waals surface area contributed by atoms with E-state index in [4.69, 9.17) is 4.74 Å². The summed E-state index contributed by atoms with van der Waals surface area (Å²) in [5.41, 5.74) is 2.11. The number of piperazine rings is 1. The summed E-state index contributed by atoms with van der Waals surface area (Å²) < 4.78 is 9.03. The fourth-order valence-corrected chi connectivity index (χ4v) is 3.40. The van der Waals surface area contributed by atoms with E-state index in [9.17, 15) is 4.79 Å². The molecule has 1 aliphatic heterocycles. The molecule has 0 atom stereocenters. The van der Waals surface area contributed by atoms with Crippen LogP contribution in [0.1, 0.15) is 12.5 Å². The molecular formula is C19H24N6O2. The highest BCUT2D eigenvalue weighted by Crippen LogP contribution is 2.20. The molecule has 0 radical (unpaired) electrons. The SMILES string of the molecule is CCn1c(N2CCNCC2)nc2cnn(COCc3ccccc3)c(=O)c21. The first kappa shape index (κ1) is 17.7. The number of hydrogen-bond donors (Lipinski definition) is 1. The van der Waals surface area contributed by atoms with Crippen LogP contribution in [0.3, 0.4) is 0 Å². The van der Waals surface area contributed by atoms with E-state index in [2.05, 4.69) is 20.3 Å². The minimum Gasteiger partial charge on any atom is -0.354 e. The molecule has 2 aromatic heterocycles. The molecule has 3 heterocycles. The van der Waals surface area contributed by atoms with Crippen molar-refractivity contribution in [2.24, 2.45) is 0 Å². The summed E-state index contributed by atoms with van der Waals surface area (Å²) in [5, 5.41) is 7.58. The van der Waals surface area contributed by atoms with Crippen LogP contribution in [-0.2, 0) is 24.6 Å². The molecule has 1 aliphatic rings. The summed E-state index contributed by atoms with van der Waals surface area (Å²) in [6, 6.07) is 9.88. The lowest BCUT2D eigenvalue weighted by atomic mass is 10.2. The van der Waals surface area contributed by atoms with Crippen LogP contribution < -0.4 is 15.8 Å². The van der Waals surface area contributed by atoms with Gasteiger partial charge in [-0.15, -0.1) is 0 Å². The monoisotopic (exact) mass is 368 g/mol. The van der Waals surface area contributed by atoms with E-state index >= 15 is 0 Å². The zero-order valence-corrected chi connectivity index (χ0v) is 15.5. The maximum Gasteiger partial charge on any atom is 0.295 e. The van der Waals surface area contributed by atoms with Gasteiger partial charge in [-0.3, -0.25) is 4.79 Å². The first-order valence-corrected chi connectivity index (χ1v) is 9.31. The number of nitrogens with one attached hydrogen (secondary N) is 1. The van der Waals surface area contributed by atoms with Crippen LogP contribution in [0.25, 0.3) is 11.0 Å². The van der Waals surface area contributed by atoms with Crippen LogP contribution in [-0.4, -0.2) is 45.5 Å². The molecule has 1 saturated heterocycles. The van der Waals surface area contributed by atoms with Crippen molar-refractivity contribution >= 4 is 17.0 Å². The van der Waals surface area contributed by atoms with Crippen molar-refractivity contribution in [3.05, 3.63) is 52.4 Å². The van der Waals surface area contributed by atoms with Gasteiger partial charge in [-0.1, -0.05) is 30.3 Å². The maximum absolute atomic E-state index is 13.0. The number of ether oxygens (including phenoxy) is 1. The van der Waals surface area contributed by atoms with Gasteiger partial charge in [-0.2, -0.15) is 5.10 Å². The van der Waals surface area contributed by atoms with Crippen LogP contribution >= 0.6 is 0 Å². The Kier molecular flexibility index (Phi) is 5.17. The van der Waals surface area contributed by atoms with Gasteiger partial charge in [0, 0.05) is 32.7 Å². The van der Waals surface area contributed by atoms with Crippen molar-refractivity contribution in [1.82, 2.24) is 24.6 Å². The first-order valence-electron chi connectivity index (χ1n) is 9.31. The summed E-state index contributed by atoms with van der Waals surface area (Å²) in [5.74, 6) is 0.843. The van der Waals surface area contributed by atoms with E-state index in [0.717, 1.165) is 37.7 Å². The smallest absolute Gasteiger partial charge is 0.295 e. The van der Waals surface area contributed by atoms with Crippen molar-refractivity contribution in [2.75, 3.05) is 31.1 Å². The fraction of sp³-hybridized carbons (Fsp3) is 0.421. The molecule has 8 heteroatoms. The predicted octanol–water partition coefficient (Wildman–Crippen LogP) is 1.20. The molecule has 1 fully saturated rings. The molecule has 8 nitrogen and oxygen atoms in total. The zero-order chi connectivity index (χ0) is 18.6. The Morgan fingerprint density at radius 1 is 1.19 bits per heavy atom. The molecule has 142 valence electrons. The topological polar surface area (TPSA) is 77.2 Å². The van der Waals surface area contributed by atoms with Crippen molar-refractivity contribution in [3.8, 4) is 0 Å². The van der Waals surface area contributed by atoms with Crippen LogP contribution in [0.15, 0.2) is 41.3 Å². The summed E-state index contributed by atoms with van der Waals surface area (Å²) >= 11 is 0. The summed E-state index contributed by atoms with van der Waals surface area (Å²) in [7, 11) is 0. The third-order valence-corrected chi connectivity index (χ3v) is 4.77. The Bertz CT molecular complexity index is 959. The Labute approximate surface area is 157 Å². The highest BCUT2D eigenvalue weighted by atomic mass is 16.5. The summed E-state index contributed by atoms with van der Waals surface area (Å²) in [6.45, 7) is 6.86. The van der Waals surface area contributed by atoms with Crippen molar-refractivity contribution in [1.29, 1.82) is 0 Å². The number of aromatic nitrogens is 4. The standard InChI is InChI=1S/C19H24N6O2/c1-2-24-17-16(22-19(24)23-10-8-20-9-11-23)12-21-25(18(17)26)14-27-13-15-6-4-3-5-7-15/h3-7,12,20H,2,8-11,13-14H2,1H3. The second-order valence-electron chi connectivity index (χ2n) is 6.54. The largest absolute Gasteiger partial charge is 0.354 e. The molecule has 0 saturated carbocycles. The van der Waals surface area contributed by atoms with Gasteiger partial charge in [0.25, 0.3) is 5.56 Å². The number of fused-ring (bicyclic) bond motifs is 1. The van der Waals surface area contributed by atoms with E-state index in [0.29, 0.717) is 24.2 Å². The third kappa shape index (κ3) is 3.58. The minimum absolute atomic E-state index is 0.113. The van der Waals surface area contributed by atoms with Crippen molar-refractivity contribution in [2.45, 2.75) is 26.8 Å². The van der Waals surface area contributed by atoms with Crippen LogP contribution in [0.2, 0.25) is 0 Å². The Hall–Kier alpha value is -2.71. The van der Waals surface area contributed by atoms with Crippen LogP contribution in [0.4, 0.5) is 5.95 Å². The molecule has 3 aromatic rings. The number of rotatable bonds is 6. The lowest BCUT2D eigenvalue weighted by Crippen LogP contribution is -2.44. The van der Waals surface area contributed by atoms with Gasteiger partial charge >= 0.3 is 0 Å². The Balaban J connectivity index is 1.59. The molecular weight excluding hydrogens is 344 g/mol. The molecule has 4 rings (SSSR count). The predicted molar refractivity (Wildman–Crippen MR) is 104 cm³/mol. The van der Waals surface area contributed by atoms with E-state index < -0.39 is 0 Å².